The third-order valence-corrected chi connectivity index (χ3v) is 4.89. The number of rotatable bonds is 6. The van der Waals surface area contributed by atoms with Crippen LogP contribution in [0.25, 0.3) is 0 Å². The van der Waals surface area contributed by atoms with Crippen LogP contribution in [0.15, 0.2) is 42.5 Å². The molecule has 1 amide bonds. The first-order valence-corrected chi connectivity index (χ1v) is 9.39. The molecule has 29 heavy (non-hydrogen) atoms. The molecule has 0 saturated heterocycles. The molecule has 4 rings (SSSR count). The van der Waals surface area contributed by atoms with Gasteiger partial charge in [0.1, 0.15) is 19.0 Å². The van der Waals surface area contributed by atoms with Crippen molar-refractivity contribution in [3.05, 3.63) is 53.6 Å². The molecule has 5 nitrogen and oxygen atoms in total. The van der Waals surface area contributed by atoms with Crippen molar-refractivity contribution < 1.29 is 32.2 Å². The molecule has 1 fully saturated rings. The van der Waals surface area contributed by atoms with Crippen LogP contribution in [0.3, 0.4) is 0 Å². The molecule has 0 spiro atoms. The second kappa shape index (κ2) is 7.85. The Kier molecular flexibility index (Phi) is 5.25. The molecule has 1 N–H and O–H groups in total. The Balaban J connectivity index is 1.37. The minimum atomic E-state index is -4.41. The molecule has 2 aliphatic rings. The van der Waals surface area contributed by atoms with E-state index in [2.05, 4.69) is 5.32 Å². The number of nitrogens with one attached hydrogen (secondary N) is 1. The molecule has 1 aliphatic heterocycles. The lowest BCUT2D eigenvalue weighted by Crippen LogP contribution is -2.33. The maximum absolute atomic E-state index is 12.6. The van der Waals surface area contributed by atoms with Crippen LogP contribution in [-0.4, -0.2) is 25.7 Å². The highest BCUT2D eigenvalue weighted by Gasteiger charge is 2.34. The lowest BCUT2D eigenvalue weighted by molar-refractivity contribution is -0.137. The van der Waals surface area contributed by atoms with Crippen molar-refractivity contribution in [2.45, 2.75) is 25.1 Å². The standard InChI is InChI=1S/C21H20F3NO4/c22-21(23,24)15-4-6-16(7-5-15)29-12-19(26)25-20(13-1-2-13)14-3-8-17-18(11-14)28-10-9-27-17/h3-8,11,13,20H,1-2,9-10,12H2,(H,25,26). The fraction of sp³-hybridized carbons (Fsp3) is 0.381. The fourth-order valence-corrected chi connectivity index (χ4v) is 3.26. The highest BCUT2D eigenvalue weighted by atomic mass is 19.4. The summed E-state index contributed by atoms with van der Waals surface area (Å²) in [6.45, 7) is 0.716. The summed E-state index contributed by atoms with van der Waals surface area (Å²) in [5.74, 6) is 1.56. The molecule has 1 atom stereocenters. The Labute approximate surface area is 165 Å². The van der Waals surface area contributed by atoms with E-state index in [4.69, 9.17) is 14.2 Å². The van der Waals surface area contributed by atoms with Gasteiger partial charge in [0.05, 0.1) is 11.6 Å². The maximum Gasteiger partial charge on any atom is 0.416 e. The van der Waals surface area contributed by atoms with Crippen molar-refractivity contribution in [1.29, 1.82) is 0 Å². The average Bonchev–Trinajstić information content (AvgIpc) is 3.55. The minimum absolute atomic E-state index is 0.172. The highest BCUT2D eigenvalue weighted by Crippen LogP contribution is 2.43. The predicted molar refractivity (Wildman–Crippen MR) is 98.0 cm³/mol. The van der Waals surface area contributed by atoms with E-state index in [0.717, 1.165) is 30.5 Å². The molecule has 0 bridgehead atoms. The van der Waals surface area contributed by atoms with Gasteiger partial charge >= 0.3 is 6.18 Å². The zero-order valence-corrected chi connectivity index (χ0v) is 15.5. The zero-order chi connectivity index (χ0) is 20.4. The molecular weight excluding hydrogens is 387 g/mol. The van der Waals surface area contributed by atoms with Gasteiger partial charge in [-0.3, -0.25) is 4.79 Å². The molecule has 2 aromatic carbocycles. The number of ether oxygens (including phenoxy) is 3. The summed E-state index contributed by atoms with van der Waals surface area (Å²) in [5.41, 5.74) is 0.168. The largest absolute Gasteiger partial charge is 0.486 e. The summed E-state index contributed by atoms with van der Waals surface area (Å²) in [6.07, 6.45) is -2.38. The van der Waals surface area contributed by atoms with Gasteiger partial charge in [-0.05, 0) is 60.7 Å². The van der Waals surface area contributed by atoms with Crippen LogP contribution >= 0.6 is 0 Å². The van der Waals surface area contributed by atoms with Gasteiger partial charge in [-0.25, -0.2) is 0 Å². The predicted octanol–water partition coefficient (Wildman–Crippen LogP) is 4.12. The van der Waals surface area contributed by atoms with Crippen molar-refractivity contribution in [2.24, 2.45) is 5.92 Å². The SMILES string of the molecule is O=C(COc1ccc(C(F)(F)F)cc1)NC(c1ccc2c(c1)OCCO2)C1CC1. The van der Waals surface area contributed by atoms with Crippen LogP contribution in [0.1, 0.15) is 30.0 Å². The van der Waals surface area contributed by atoms with E-state index in [1.165, 1.54) is 12.1 Å². The van der Waals surface area contributed by atoms with E-state index in [1.807, 2.05) is 18.2 Å². The number of fused-ring (bicyclic) bond motifs is 1. The quantitative estimate of drug-likeness (QED) is 0.783. The number of amides is 1. The van der Waals surface area contributed by atoms with Crippen molar-refractivity contribution in [1.82, 2.24) is 5.32 Å². The van der Waals surface area contributed by atoms with Crippen LogP contribution in [0.5, 0.6) is 17.2 Å². The first kappa shape index (κ1) is 19.4. The van der Waals surface area contributed by atoms with Gasteiger partial charge in [-0.15, -0.1) is 0 Å². The Hall–Kier alpha value is -2.90. The topological polar surface area (TPSA) is 56.8 Å². The summed E-state index contributed by atoms with van der Waals surface area (Å²) in [7, 11) is 0. The van der Waals surface area contributed by atoms with Gasteiger partial charge in [0.25, 0.3) is 5.91 Å². The summed E-state index contributed by atoms with van der Waals surface area (Å²) < 4.78 is 54.3. The second-order valence-corrected chi connectivity index (χ2v) is 7.10. The molecule has 1 saturated carbocycles. The Bertz CT molecular complexity index is 878. The van der Waals surface area contributed by atoms with Crippen LogP contribution in [0, 0.1) is 5.92 Å². The second-order valence-electron chi connectivity index (χ2n) is 7.10. The molecule has 0 aromatic heterocycles. The van der Waals surface area contributed by atoms with Gasteiger partial charge < -0.3 is 19.5 Å². The fourth-order valence-electron chi connectivity index (χ4n) is 3.26. The summed E-state index contributed by atoms with van der Waals surface area (Å²) in [6, 6.07) is 9.72. The third-order valence-electron chi connectivity index (χ3n) is 4.89. The molecule has 8 heteroatoms. The number of alkyl halides is 3. The molecule has 0 radical (unpaired) electrons. The van der Waals surface area contributed by atoms with Gasteiger partial charge in [0.15, 0.2) is 18.1 Å². The van der Waals surface area contributed by atoms with Gasteiger partial charge in [-0.1, -0.05) is 6.07 Å². The number of carbonyl (C=O) groups excluding carboxylic acids is 1. The average molecular weight is 407 g/mol. The van der Waals surface area contributed by atoms with E-state index < -0.39 is 11.7 Å². The Morgan fingerprint density at radius 3 is 2.41 bits per heavy atom. The number of hydrogen-bond donors (Lipinski definition) is 1. The smallest absolute Gasteiger partial charge is 0.416 e. The normalized spacial score (nSPS) is 16.8. The number of hydrogen-bond acceptors (Lipinski definition) is 4. The third kappa shape index (κ3) is 4.75. The highest BCUT2D eigenvalue weighted by molar-refractivity contribution is 5.78. The maximum atomic E-state index is 12.6. The van der Waals surface area contributed by atoms with Crippen LogP contribution < -0.4 is 19.5 Å². The molecule has 1 heterocycles. The zero-order valence-electron chi connectivity index (χ0n) is 15.5. The van der Waals surface area contributed by atoms with Crippen molar-refractivity contribution in [3.63, 3.8) is 0 Å². The molecule has 154 valence electrons. The van der Waals surface area contributed by atoms with Crippen molar-refractivity contribution in [3.8, 4) is 17.2 Å². The Morgan fingerprint density at radius 1 is 1.07 bits per heavy atom. The van der Waals surface area contributed by atoms with Crippen molar-refractivity contribution >= 4 is 5.91 Å². The molecule has 2 aromatic rings. The summed E-state index contributed by atoms with van der Waals surface area (Å²) >= 11 is 0. The summed E-state index contributed by atoms with van der Waals surface area (Å²) in [5, 5.41) is 2.97. The first-order valence-electron chi connectivity index (χ1n) is 9.39. The molecule has 1 unspecified atom stereocenters. The van der Waals surface area contributed by atoms with Crippen LogP contribution in [-0.2, 0) is 11.0 Å². The lowest BCUT2D eigenvalue weighted by Gasteiger charge is -2.23. The van der Waals surface area contributed by atoms with E-state index >= 15 is 0 Å². The monoisotopic (exact) mass is 407 g/mol. The minimum Gasteiger partial charge on any atom is -0.486 e. The lowest BCUT2D eigenvalue weighted by atomic mass is 10.0. The van der Waals surface area contributed by atoms with Gasteiger partial charge in [-0.2, -0.15) is 13.2 Å². The summed E-state index contributed by atoms with van der Waals surface area (Å²) in [4.78, 5) is 12.4. The first-order chi connectivity index (χ1) is 13.9. The van der Waals surface area contributed by atoms with E-state index in [1.54, 1.807) is 0 Å². The van der Waals surface area contributed by atoms with Crippen LogP contribution in [0.2, 0.25) is 0 Å². The van der Waals surface area contributed by atoms with Crippen molar-refractivity contribution in [2.75, 3.05) is 19.8 Å². The van der Waals surface area contributed by atoms with E-state index in [9.17, 15) is 18.0 Å². The van der Waals surface area contributed by atoms with Gasteiger partial charge in [0.2, 0.25) is 0 Å². The molecular formula is C21H20F3NO4. The Morgan fingerprint density at radius 2 is 1.76 bits per heavy atom. The van der Waals surface area contributed by atoms with Crippen LogP contribution in [0.4, 0.5) is 13.2 Å². The number of benzene rings is 2. The molecule has 1 aliphatic carbocycles. The van der Waals surface area contributed by atoms with E-state index in [-0.39, 0.29) is 24.3 Å². The van der Waals surface area contributed by atoms with Gasteiger partial charge in [0, 0.05) is 0 Å². The van der Waals surface area contributed by atoms with E-state index in [0.29, 0.717) is 30.6 Å². The number of halogens is 3. The number of carbonyl (C=O) groups is 1.